The van der Waals surface area contributed by atoms with E-state index in [9.17, 15) is 9.59 Å². The molecule has 1 unspecified atom stereocenters. The Bertz CT molecular complexity index is 1410. The van der Waals surface area contributed by atoms with Crippen molar-refractivity contribution in [3.05, 3.63) is 89.6 Å². The number of primary amides is 1. The van der Waals surface area contributed by atoms with E-state index in [1.54, 1.807) is 0 Å². The zero-order valence-electron chi connectivity index (χ0n) is 20.8. The van der Waals surface area contributed by atoms with Gasteiger partial charge in [0, 0.05) is 17.6 Å². The van der Waals surface area contributed by atoms with Crippen LogP contribution < -0.4 is 15.2 Å². The molecule has 0 saturated heterocycles. The molecule has 1 heterocycles. The minimum absolute atomic E-state index is 0.209. The first-order valence-corrected chi connectivity index (χ1v) is 12.5. The molecule has 0 saturated carbocycles. The predicted molar refractivity (Wildman–Crippen MR) is 141 cm³/mol. The molecule has 37 heavy (non-hydrogen) atoms. The van der Waals surface area contributed by atoms with Gasteiger partial charge in [-0.25, -0.2) is 4.79 Å². The number of benzene rings is 3. The second kappa shape index (κ2) is 10.8. The summed E-state index contributed by atoms with van der Waals surface area (Å²) in [7, 11) is 1.33. The lowest BCUT2D eigenvalue weighted by Gasteiger charge is -2.14. The van der Waals surface area contributed by atoms with Crippen molar-refractivity contribution >= 4 is 22.8 Å². The number of amides is 1. The SMILES string of the molecule is COC(=O)COc1cccc2c1c1c(n2Cc2ccc(Oc3ccccc3)cc2)CCCCC1C(N)=O. The lowest BCUT2D eigenvalue weighted by molar-refractivity contribution is -0.142. The van der Waals surface area contributed by atoms with Crippen LogP contribution in [-0.4, -0.2) is 30.2 Å². The minimum Gasteiger partial charge on any atom is -0.481 e. The normalized spacial score (nSPS) is 15.0. The average molecular weight is 499 g/mol. The highest BCUT2D eigenvalue weighted by molar-refractivity contribution is 5.97. The molecule has 0 aliphatic heterocycles. The summed E-state index contributed by atoms with van der Waals surface area (Å²) in [5.74, 6) is 0.884. The summed E-state index contributed by atoms with van der Waals surface area (Å²) in [6.45, 7) is 0.406. The average Bonchev–Trinajstić information content (AvgIpc) is 3.06. The highest BCUT2D eigenvalue weighted by Crippen LogP contribution is 2.42. The molecule has 7 heteroatoms. The van der Waals surface area contributed by atoms with E-state index < -0.39 is 11.9 Å². The van der Waals surface area contributed by atoms with Crippen LogP contribution in [0.2, 0.25) is 0 Å². The number of carbonyl (C=O) groups excluding carboxylic acids is 2. The Morgan fingerprint density at radius 2 is 1.70 bits per heavy atom. The van der Waals surface area contributed by atoms with E-state index in [-0.39, 0.29) is 12.5 Å². The number of fused-ring (bicyclic) bond motifs is 3. The van der Waals surface area contributed by atoms with Gasteiger partial charge in [-0.1, -0.05) is 42.8 Å². The van der Waals surface area contributed by atoms with Gasteiger partial charge in [-0.15, -0.1) is 0 Å². The van der Waals surface area contributed by atoms with Crippen molar-refractivity contribution in [1.29, 1.82) is 0 Å². The summed E-state index contributed by atoms with van der Waals surface area (Å²) in [5.41, 5.74) is 9.96. The molecule has 7 nitrogen and oxygen atoms in total. The molecule has 2 N–H and O–H groups in total. The Morgan fingerprint density at radius 3 is 2.43 bits per heavy atom. The number of carbonyl (C=O) groups is 2. The van der Waals surface area contributed by atoms with Crippen LogP contribution in [-0.2, 0) is 27.3 Å². The van der Waals surface area contributed by atoms with Crippen LogP contribution >= 0.6 is 0 Å². The van der Waals surface area contributed by atoms with Gasteiger partial charge in [0.05, 0.1) is 18.5 Å². The molecule has 3 aromatic carbocycles. The number of nitrogens with two attached hydrogens (primary N) is 1. The summed E-state index contributed by atoms with van der Waals surface area (Å²) in [5, 5.41) is 0.844. The molecule has 1 aliphatic rings. The molecule has 1 amide bonds. The second-order valence-electron chi connectivity index (χ2n) is 9.22. The van der Waals surface area contributed by atoms with E-state index in [2.05, 4.69) is 16.7 Å². The van der Waals surface area contributed by atoms with E-state index in [1.165, 1.54) is 7.11 Å². The van der Waals surface area contributed by atoms with E-state index in [0.29, 0.717) is 18.7 Å². The third-order valence-electron chi connectivity index (χ3n) is 6.87. The van der Waals surface area contributed by atoms with Gasteiger partial charge in [0.2, 0.25) is 5.91 Å². The number of aromatic nitrogens is 1. The lowest BCUT2D eigenvalue weighted by Crippen LogP contribution is -2.21. The number of esters is 1. The molecule has 1 atom stereocenters. The van der Waals surface area contributed by atoms with Crippen molar-refractivity contribution in [2.45, 2.75) is 38.1 Å². The van der Waals surface area contributed by atoms with Crippen molar-refractivity contribution in [2.75, 3.05) is 13.7 Å². The minimum atomic E-state index is -0.466. The molecule has 190 valence electrons. The van der Waals surface area contributed by atoms with Crippen LogP contribution in [0.25, 0.3) is 10.9 Å². The van der Waals surface area contributed by atoms with Crippen molar-refractivity contribution in [3.63, 3.8) is 0 Å². The van der Waals surface area contributed by atoms with Gasteiger partial charge in [0.15, 0.2) is 6.61 Å². The first-order valence-electron chi connectivity index (χ1n) is 12.5. The van der Waals surface area contributed by atoms with Crippen LogP contribution in [0.15, 0.2) is 72.8 Å². The molecule has 0 radical (unpaired) electrons. The molecule has 4 aromatic rings. The zero-order chi connectivity index (χ0) is 25.8. The zero-order valence-corrected chi connectivity index (χ0v) is 20.8. The van der Waals surface area contributed by atoms with Gasteiger partial charge in [0.25, 0.3) is 0 Å². The van der Waals surface area contributed by atoms with E-state index in [0.717, 1.165) is 58.5 Å². The van der Waals surface area contributed by atoms with Gasteiger partial charge in [-0.3, -0.25) is 4.79 Å². The van der Waals surface area contributed by atoms with Crippen molar-refractivity contribution in [2.24, 2.45) is 5.73 Å². The van der Waals surface area contributed by atoms with Crippen LogP contribution in [0.5, 0.6) is 17.2 Å². The van der Waals surface area contributed by atoms with E-state index in [4.69, 9.17) is 19.9 Å². The Morgan fingerprint density at radius 1 is 0.946 bits per heavy atom. The number of para-hydroxylation sites is 1. The van der Waals surface area contributed by atoms with Gasteiger partial charge in [-0.2, -0.15) is 0 Å². The van der Waals surface area contributed by atoms with E-state index >= 15 is 0 Å². The van der Waals surface area contributed by atoms with Crippen LogP contribution in [0.4, 0.5) is 0 Å². The van der Waals surface area contributed by atoms with E-state index in [1.807, 2.05) is 60.7 Å². The summed E-state index contributed by atoms with van der Waals surface area (Å²) in [6, 6.07) is 23.5. The standard InChI is InChI=1S/C30H30N2O5/c1-35-27(33)19-36-26-13-7-12-25-29(26)28-23(30(31)34)10-5-6-11-24(28)32(25)18-20-14-16-22(17-15-20)37-21-8-3-2-4-9-21/h2-4,7-9,12-17,23H,5-6,10-11,18-19H2,1H3,(H2,31,34). The second-order valence-corrected chi connectivity index (χ2v) is 9.22. The van der Waals surface area contributed by atoms with Crippen LogP contribution in [0.1, 0.15) is 42.0 Å². The quantitative estimate of drug-likeness (QED) is 0.262. The summed E-state index contributed by atoms with van der Waals surface area (Å²) in [6.07, 6.45) is 3.41. The molecule has 0 fully saturated rings. The molecule has 1 aliphatic carbocycles. The third-order valence-corrected chi connectivity index (χ3v) is 6.87. The topological polar surface area (TPSA) is 92.8 Å². The lowest BCUT2D eigenvalue weighted by atomic mass is 9.92. The molecular formula is C30H30N2O5. The van der Waals surface area contributed by atoms with Gasteiger partial charge < -0.3 is 24.5 Å². The Hall–Kier alpha value is -4.26. The molecule has 0 spiro atoms. The monoisotopic (exact) mass is 498 g/mol. The molecular weight excluding hydrogens is 468 g/mol. The van der Waals surface area contributed by atoms with Crippen molar-refractivity contribution in [3.8, 4) is 17.2 Å². The maximum absolute atomic E-state index is 12.6. The van der Waals surface area contributed by atoms with Crippen molar-refractivity contribution in [1.82, 2.24) is 4.57 Å². The number of hydrogen-bond donors (Lipinski definition) is 1. The maximum Gasteiger partial charge on any atom is 0.343 e. The molecule has 0 bridgehead atoms. The number of hydrogen-bond acceptors (Lipinski definition) is 5. The van der Waals surface area contributed by atoms with Crippen molar-refractivity contribution < 1.29 is 23.8 Å². The van der Waals surface area contributed by atoms with Crippen LogP contribution in [0.3, 0.4) is 0 Å². The Labute approximate surface area is 215 Å². The maximum atomic E-state index is 12.6. The van der Waals surface area contributed by atoms with Gasteiger partial charge >= 0.3 is 5.97 Å². The van der Waals surface area contributed by atoms with Crippen LogP contribution in [0, 0.1) is 0 Å². The number of rotatable bonds is 8. The number of ether oxygens (including phenoxy) is 3. The fourth-order valence-corrected chi connectivity index (χ4v) is 5.13. The third kappa shape index (κ3) is 5.16. The fourth-order valence-electron chi connectivity index (χ4n) is 5.13. The highest BCUT2D eigenvalue weighted by Gasteiger charge is 2.31. The smallest absolute Gasteiger partial charge is 0.343 e. The predicted octanol–water partition coefficient (Wildman–Crippen LogP) is 5.33. The first kappa shape index (κ1) is 24.4. The molecule has 1 aromatic heterocycles. The largest absolute Gasteiger partial charge is 0.481 e. The molecule has 5 rings (SSSR count). The van der Waals surface area contributed by atoms with Gasteiger partial charge in [-0.05, 0) is 66.8 Å². The fraction of sp³-hybridized carbons (Fsp3) is 0.267. The summed E-state index contributed by atoms with van der Waals surface area (Å²) < 4.78 is 18.8. The Kier molecular flexibility index (Phi) is 7.12. The summed E-state index contributed by atoms with van der Waals surface area (Å²) >= 11 is 0. The Balaban J connectivity index is 1.54. The highest BCUT2D eigenvalue weighted by atomic mass is 16.6. The number of methoxy groups -OCH3 is 1. The summed E-state index contributed by atoms with van der Waals surface area (Å²) in [4.78, 5) is 24.4. The first-order chi connectivity index (χ1) is 18.0. The van der Waals surface area contributed by atoms with Gasteiger partial charge in [0.1, 0.15) is 17.2 Å². The number of nitrogens with zero attached hydrogens (tertiary/aromatic N) is 1.